The second-order valence-electron chi connectivity index (χ2n) is 7.15. The monoisotopic (exact) mass is 378 g/mol. The van der Waals surface area contributed by atoms with E-state index in [0.29, 0.717) is 23.2 Å². The van der Waals surface area contributed by atoms with Crippen molar-refractivity contribution < 1.29 is 13.6 Å². The van der Waals surface area contributed by atoms with Crippen LogP contribution in [0, 0.1) is 11.6 Å². The number of amides is 1. The summed E-state index contributed by atoms with van der Waals surface area (Å²) in [6.07, 6.45) is 1.56. The molecule has 3 N–H and O–H groups in total. The van der Waals surface area contributed by atoms with Crippen molar-refractivity contribution in [2.45, 2.75) is 25.4 Å². The molecule has 3 aromatic carbocycles. The summed E-state index contributed by atoms with van der Waals surface area (Å²) in [6, 6.07) is 16.9. The Balaban J connectivity index is 1.44. The molecule has 3 aromatic rings. The first-order valence-electron chi connectivity index (χ1n) is 9.19. The number of rotatable bonds is 5. The number of halogens is 2. The molecule has 0 fully saturated rings. The minimum atomic E-state index is -0.513. The molecule has 0 aliphatic heterocycles. The third-order valence-corrected chi connectivity index (χ3v) is 5.22. The van der Waals surface area contributed by atoms with Crippen LogP contribution >= 0.6 is 0 Å². The summed E-state index contributed by atoms with van der Waals surface area (Å²) in [6.45, 7) is 0.397. The van der Waals surface area contributed by atoms with Gasteiger partial charge in [0, 0.05) is 23.7 Å². The number of benzene rings is 3. The molecule has 0 saturated carbocycles. The van der Waals surface area contributed by atoms with Crippen LogP contribution in [-0.4, -0.2) is 11.9 Å². The summed E-state index contributed by atoms with van der Waals surface area (Å²) in [5.74, 6) is -1.04. The number of hydrogen-bond donors (Lipinski definition) is 2. The molecule has 1 amide bonds. The molecular weight excluding hydrogens is 358 g/mol. The zero-order valence-corrected chi connectivity index (χ0v) is 15.2. The molecule has 0 radical (unpaired) electrons. The summed E-state index contributed by atoms with van der Waals surface area (Å²) < 4.78 is 27.9. The highest BCUT2D eigenvalue weighted by Gasteiger charge is 2.21. The molecule has 0 spiro atoms. The van der Waals surface area contributed by atoms with Gasteiger partial charge < -0.3 is 11.1 Å². The standard InChI is InChI=1S/C23H20F2N2O/c24-20-7-6-15-10-21(11-19(15)9-20)27-13-18-5-4-16(12-22(18)25)14-2-1-3-17(8-14)23(26)28/h1-9,12,21,27H,10-11,13H2,(H2,26,28)/t21-/m0/s1. The average Bonchev–Trinajstić information content (AvgIpc) is 3.09. The second-order valence-corrected chi connectivity index (χ2v) is 7.15. The molecule has 28 heavy (non-hydrogen) atoms. The molecule has 5 heteroatoms. The van der Waals surface area contributed by atoms with E-state index in [2.05, 4.69) is 5.32 Å². The molecule has 0 unspecified atom stereocenters. The van der Waals surface area contributed by atoms with E-state index in [1.54, 1.807) is 30.3 Å². The van der Waals surface area contributed by atoms with Crippen molar-refractivity contribution in [1.82, 2.24) is 5.32 Å². The van der Waals surface area contributed by atoms with Gasteiger partial charge in [0.1, 0.15) is 11.6 Å². The number of nitrogens with two attached hydrogens (primary N) is 1. The molecule has 4 rings (SSSR count). The molecule has 1 atom stereocenters. The molecular formula is C23H20F2N2O. The van der Waals surface area contributed by atoms with Crippen LogP contribution in [0.15, 0.2) is 60.7 Å². The van der Waals surface area contributed by atoms with Crippen molar-refractivity contribution >= 4 is 5.91 Å². The highest BCUT2D eigenvalue weighted by Crippen LogP contribution is 2.25. The van der Waals surface area contributed by atoms with E-state index in [0.717, 1.165) is 29.5 Å². The Bertz CT molecular complexity index is 1050. The predicted molar refractivity (Wildman–Crippen MR) is 105 cm³/mol. The van der Waals surface area contributed by atoms with Crippen LogP contribution in [0.25, 0.3) is 11.1 Å². The molecule has 0 aromatic heterocycles. The van der Waals surface area contributed by atoms with Gasteiger partial charge in [-0.05, 0) is 65.4 Å². The number of carbonyl (C=O) groups is 1. The highest BCUT2D eigenvalue weighted by molar-refractivity contribution is 5.94. The minimum Gasteiger partial charge on any atom is -0.366 e. The second kappa shape index (κ2) is 7.52. The van der Waals surface area contributed by atoms with E-state index in [1.165, 1.54) is 12.1 Å². The lowest BCUT2D eigenvalue weighted by atomic mass is 10.0. The van der Waals surface area contributed by atoms with Gasteiger partial charge in [-0.1, -0.05) is 30.3 Å². The van der Waals surface area contributed by atoms with Crippen LogP contribution in [0.3, 0.4) is 0 Å². The Hall–Kier alpha value is -3.05. The first kappa shape index (κ1) is 18.3. The predicted octanol–water partition coefficient (Wildman–Crippen LogP) is 3.99. The minimum absolute atomic E-state index is 0.170. The number of carbonyl (C=O) groups excluding carboxylic acids is 1. The molecule has 3 nitrogen and oxygen atoms in total. The first-order valence-corrected chi connectivity index (χ1v) is 9.19. The largest absolute Gasteiger partial charge is 0.366 e. The van der Waals surface area contributed by atoms with Gasteiger partial charge in [-0.25, -0.2) is 8.78 Å². The molecule has 0 bridgehead atoms. The Morgan fingerprint density at radius 1 is 0.964 bits per heavy atom. The van der Waals surface area contributed by atoms with Gasteiger partial charge >= 0.3 is 0 Å². The Morgan fingerprint density at radius 3 is 2.54 bits per heavy atom. The summed E-state index contributed by atoms with van der Waals surface area (Å²) in [5.41, 5.74) is 9.85. The fourth-order valence-electron chi connectivity index (χ4n) is 3.71. The van der Waals surface area contributed by atoms with Crippen molar-refractivity contribution in [1.29, 1.82) is 0 Å². The number of nitrogens with one attached hydrogen (secondary N) is 1. The number of hydrogen-bond acceptors (Lipinski definition) is 2. The van der Waals surface area contributed by atoms with Gasteiger partial charge in [-0.2, -0.15) is 0 Å². The van der Waals surface area contributed by atoms with Gasteiger partial charge in [0.2, 0.25) is 5.91 Å². The van der Waals surface area contributed by atoms with E-state index in [1.807, 2.05) is 18.2 Å². The van der Waals surface area contributed by atoms with Crippen molar-refractivity contribution in [3.05, 3.63) is 94.6 Å². The highest BCUT2D eigenvalue weighted by atomic mass is 19.1. The topological polar surface area (TPSA) is 55.1 Å². The molecule has 0 saturated heterocycles. The van der Waals surface area contributed by atoms with Crippen LogP contribution in [0.1, 0.15) is 27.0 Å². The lowest BCUT2D eigenvalue weighted by molar-refractivity contribution is 0.100. The van der Waals surface area contributed by atoms with E-state index in [9.17, 15) is 13.6 Å². The third kappa shape index (κ3) is 3.80. The first-order chi connectivity index (χ1) is 13.5. The summed E-state index contributed by atoms with van der Waals surface area (Å²) in [4.78, 5) is 11.3. The van der Waals surface area contributed by atoms with E-state index < -0.39 is 5.91 Å². The Kier molecular flexibility index (Phi) is 4.92. The van der Waals surface area contributed by atoms with Crippen LogP contribution < -0.4 is 11.1 Å². The van der Waals surface area contributed by atoms with Crippen molar-refractivity contribution in [3.8, 4) is 11.1 Å². The van der Waals surface area contributed by atoms with Crippen LogP contribution in [0.5, 0.6) is 0 Å². The lowest BCUT2D eigenvalue weighted by Gasteiger charge is -2.13. The fraction of sp³-hybridized carbons (Fsp3) is 0.174. The SMILES string of the molecule is NC(=O)c1cccc(-c2ccc(CN[C@H]3Cc4ccc(F)cc4C3)c(F)c2)c1. The van der Waals surface area contributed by atoms with E-state index >= 15 is 0 Å². The maximum Gasteiger partial charge on any atom is 0.248 e. The van der Waals surface area contributed by atoms with Crippen molar-refractivity contribution in [2.24, 2.45) is 5.73 Å². The Morgan fingerprint density at radius 2 is 1.75 bits per heavy atom. The molecule has 0 heterocycles. The van der Waals surface area contributed by atoms with E-state index in [4.69, 9.17) is 5.73 Å². The average molecular weight is 378 g/mol. The van der Waals surface area contributed by atoms with Crippen molar-refractivity contribution in [3.63, 3.8) is 0 Å². The van der Waals surface area contributed by atoms with E-state index in [-0.39, 0.29) is 17.7 Å². The summed E-state index contributed by atoms with van der Waals surface area (Å²) in [5, 5.41) is 3.36. The normalized spacial score (nSPS) is 15.4. The Labute approximate surface area is 162 Å². The van der Waals surface area contributed by atoms with Crippen LogP contribution in [0.2, 0.25) is 0 Å². The van der Waals surface area contributed by atoms with Gasteiger partial charge in [-0.15, -0.1) is 0 Å². The maximum atomic E-state index is 14.6. The van der Waals surface area contributed by atoms with Gasteiger partial charge in [0.25, 0.3) is 0 Å². The molecule has 1 aliphatic rings. The van der Waals surface area contributed by atoms with Gasteiger partial charge in [0.05, 0.1) is 0 Å². The third-order valence-electron chi connectivity index (χ3n) is 5.22. The fourth-order valence-corrected chi connectivity index (χ4v) is 3.71. The van der Waals surface area contributed by atoms with Gasteiger partial charge in [0.15, 0.2) is 0 Å². The zero-order valence-electron chi connectivity index (χ0n) is 15.2. The zero-order chi connectivity index (χ0) is 19.7. The van der Waals surface area contributed by atoms with Crippen LogP contribution in [-0.2, 0) is 19.4 Å². The lowest BCUT2D eigenvalue weighted by Crippen LogP contribution is -2.29. The summed E-state index contributed by atoms with van der Waals surface area (Å²) >= 11 is 0. The van der Waals surface area contributed by atoms with Crippen molar-refractivity contribution in [2.75, 3.05) is 0 Å². The quantitative estimate of drug-likeness (QED) is 0.705. The number of fused-ring (bicyclic) bond motifs is 1. The number of primary amides is 1. The van der Waals surface area contributed by atoms with Gasteiger partial charge in [-0.3, -0.25) is 4.79 Å². The molecule has 1 aliphatic carbocycles. The molecule has 142 valence electrons. The summed E-state index contributed by atoms with van der Waals surface area (Å²) in [7, 11) is 0. The maximum absolute atomic E-state index is 14.6. The smallest absolute Gasteiger partial charge is 0.248 e. The van der Waals surface area contributed by atoms with Crippen LogP contribution in [0.4, 0.5) is 8.78 Å².